The summed E-state index contributed by atoms with van der Waals surface area (Å²) in [7, 11) is 0. The summed E-state index contributed by atoms with van der Waals surface area (Å²) in [4.78, 5) is 39.6. The zero-order valence-corrected chi connectivity index (χ0v) is 18.2. The maximum Gasteiger partial charge on any atom is 0.328 e. The first-order chi connectivity index (χ1) is 17.1. The van der Waals surface area contributed by atoms with Gasteiger partial charge in [0.25, 0.3) is 11.5 Å². The molecule has 2 N–H and O–H groups in total. The Morgan fingerprint density at radius 3 is 2.71 bits per heavy atom. The van der Waals surface area contributed by atoms with E-state index >= 15 is 0 Å². The van der Waals surface area contributed by atoms with Gasteiger partial charge < -0.3 is 19.5 Å². The molecule has 0 radical (unpaired) electrons. The summed E-state index contributed by atoms with van der Waals surface area (Å²) in [5.41, 5.74) is -0.148. The lowest BCUT2D eigenvalue weighted by Gasteiger charge is -2.08. The minimum absolute atomic E-state index is 0.0897. The van der Waals surface area contributed by atoms with E-state index in [1.165, 1.54) is 6.26 Å². The lowest BCUT2D eigenvalue weighted by molar-refractivity contribution is 0.0943. The molecule has 35 heavy (non-hydrogen) atoms. The minimum atomic E-state index is -0.725. The molecule has 12 heteroatoms. The molecule has 0 saturated carbocycles. The van der Waals surface area contributed by atoms with Crippen molar-refractivity contribution in [1.29, 1.82) is 0 Å². The number of carbonyl (C=O) groups excluding carboxylic acids is 1. The molecule has 0 aliphatic rings. The summed E-state index contributed by atoms with van der Waals surface area (Å²) in [5, 5.41) is 15.3. The largest absolute Gasteiger partial charge is 0.475 e. The summed E-state index contributed by atoms with van der Waals surface area (Å²) >= 11 is 0. The van der Waals surface area contributed by atoms with Crippen LogP contribution in [-0.2, 0) is 6.54 Å². The molecule has 0 bridgehead atoms. The van der Waals surface area contributed by atoms with Gasteiger partial charge >= 0.3 is 5.69 Å². The van der Waals surface area contributed by atoms with Crippen LogP contribution in [0.3, 0.4) is 0 Å². The van der Waals surface area contributed by atoms with E-state index in [1.54, 1.807) is 28.8 Å². The van der Waals surface area contributed by atoms with Crippen molar-refractivity contribution in [2.75, 3.05) is 13.2 Å². The maximum absolute atomic E-state index is 12.6. The molecule has 5 aromatic rings. The van der Waals surface area contributed by atoms with Gasteiger partial charge in [0, 0.05) is 17.8 Å². The Kier molecular flexibility index (Phi) is 5.90. The number of nitrogens with zero attached hydrogens (tertiary/aromatic N) is 5. The Morgan fingerprint density at radius 1 is 1.06 bits per heavy atom. The van der Waals surface area contributed by atoms with Gasteiger partial charge in [0.15, 0.2) is 11.5 Å². The lowest BCUT2D eigenvalue weighted by atomic mass is 10.2. The fraction of sp³-hybridized carbons (Fsp3) is 0.130. The zero-order chi connectivity index (χ0) is 24.2. The van der Waals surface area contributed by atoms with Gasteiger partial charge in [-0.3, -0.25) is 14.2 Å². The van der Waals surface area contributed by atoms with Gasteiger partial charge in [0.2, 0.25) is 5.88 Å². The summed E-state index contributed by atoms with van der Waals surface area (Å²) in [6.07, 6.45) is 2.52. The van der Waals surface area contributed by atoms with Crippen molar-refractivity contribution in [2.45, 2.75) is 6.54 Å². The van der Waals surface area contributed by atoms with Crippen LogP contribution in [0.4, 0.5) is 0 Å². The van der Waals surface area contributed by atoms with Crippen LogP contribution in [0.15, 0.2) is 81.1 Å². The maximum atomic E-state index is 12.6. The van der Waals surface area contributed by atoms with Crippen molar-refractivity contribution < 1.29 is 13.9 Å². The first-order valence-corrected chi connectivity index (χ1v) is 10.6. The van der Waals surface area contributed by atoms with Crippen LogP contribution in [0.2, 0.25) is 0 Å². The number of nitrogens with one attached hydrogen (secondary N) is 2. The number of amides is 1. The highest BCUT2D eigenvalue weighted by Gasteiger charge is 2.16. The molecule has 1 aromatic carbocycles. The van der Waals surface area contributed by atoms with Crippen molar-refractivity contribution >= 4 is 11.6 Å². The monoisotopic (exact) mass is 473 g/mol. The van der Waals surface area contributed by atoms with Crippen LogP contribution in [0, 0.1) is 0 Å². The molecule has 1 amide bonds. The van der Waals surface area contributed by atoms with Crippen LogP contribution in [0.25, 0.3) is 17.0 Å². The standard InChI is InChI=1S/C23H19N7O5/c31-21(17-13-25-23(33)29(22(17)32)14-16-7-4-11-34-16)24-10-12-35-19-9-8-18-26-27-20(30(18)28-19)15-5-2-1-3-6-15/h1-9,11,13H,10,12,14H2,(H,24,31)(H,25,33). The Balaban J connectivity index is 1.23. The first-order valence-electron chi connectivity index (χ1n) is 10.6. The molecular formula is C23H19N7O5. The molecular weight excluding hydrogens is 454 g/mol. The van der Waals surface area contributed by atoms with Gasteiger partial charge in [-0.15, -0.1) is 15.3 Å². The van der Waals surface area contributed by atoms with E-state index in [2.05, 4.69) is 25.6 Å². The molecule has 0 unspecified atom stereocenters. The van der Waals surface area contributed by atoms with Crippen molar-refractivity contribution in [3.63, 3.8) is 0 Å². The Bertz CT molecular complexity index is 1590. The molecule has 0 saturated heterocycles. The summed E-state index contributed by atoms with van der Waals surface area (Å²) in [6, 6.07) is 16.2. The zero-order valence-electron chi connectivity index (χ0n) is 18.2. The SMILES string of the molecule is O=C(NCCOc1ccc2nnc(-c3ccccc3)n2n1)c1c[nH]c(=O)n(Cc2ccco2)c1=O. The van der Waals surface area contributed by atoms with Crippen LogP contribution < -0.4 is 21.3 Å². The number of aromatic nitrogens is 6. The molecule has 4 heterocycles. The highest BCUT2D eigenvalue weighted by Crippen LogP contribution is 2.18. The van der Waals surface area contributed by atoms with E-state index in [1.807, 2.05) is 30.3 Å². The topological polar surface area (TPSA) is 149 Å². The van der Waals surface area contributed by atoms with E-state index in [-0.39, 0.29) is 25.3 Å². The highest BCUT2D eigenvalue weighted by molar-refractivity contribution is 5.93. The van der Waals surface area contributed by atoms with Crippen LogP contribution in [0.1, 0.15) is 16.1 Å². The number of benzene rings is 1. The average Bonchev–Trinajstić information content (AvgIpc) is 3.54. The fourth-order valence-electron chi connectivity index (χ4n) is 3.41. The van der Waals surface area contributed by atoms with Gasteiger partial charge in [0.05, 0.1) is 19.4 Å². The second kappa shape index (κ2) is 9.47. The number of fused-ring (bicyclic) bond motifs is 1. The number of hydrogen-bond acceptors (Lipinski definition) is 8. The number of aromatic amines is 1. The smallest absolute Gasteiger partial charge is 0.328 e. The van der Waals surface area contributed by atoms with Crippen molar-refractivity contribution in [3.05, 3.63) is 99.2 Å². The highest BCUT2D eigenvalue weighted by atomic mass is 16.5. The quantitative estimate of drug-likeness (QED) is 0.318. The third-order valence-corrected chi connectivity index (χ3v) is 5.11. The molecule has 0 aliphatic heterocycles. The van der Waals surface area contributed by atoms with Crippen LogP contribution >= 0.6 is 0 Å². The fourth-order valence-corrected chi connectivity index (χ4v) is 3.41. The van der Waals surface area contributed by atoms with Crippen LogP contribution in [0.5, 0.6) is 5.88 Å². The van der Waals surface area contributed by atoms with E-state index < -0.39 is 17.2 Å². The van der Waals surface area contributed by atoms with E-state index in [4.69, 9.17) is 9.15 Å². The average molecular weight is 473 g/mol. The normalized spacial score (nSPS) is 11.0. The molecule has 0 fully saturated rings. The predicted octanol–water partition coefficient (Wildman–Crippen LogP) is 1.09. The number of ether oxygens (including phenoxy) is 1. The Hall–Kier alpha value is -5.00. The Morgan fingerprint density at radius 2 is 1.91 bits per heavy atom. The molecule has 176 valence electrons. The first kappa shape index (κ1) is 21.8. The summed E-state index contributed by atoms with van der Waals surface area (Å²) in [6.45, 7) is 0.105. The number of rotatable bonds is 8. The Labute approximate surface area is 196 Å². The van der Waals surface area contributed by atoms with E-state index in [0.29, 0.717) is 23.1 Å². The summed E-state index contributed by atoms with van der Waals surface area (Å²) < 4.78 is 13.3. The molecule has 0 aliphatic carbocycles. The van der Waals surface area contributed by atoms with Gasteiger partial charge in [-0.2, -0.15) is 4.52 Å². The van der Waals surface area contributed by atoms with Gasteiger partial charge in [-0.1, -0.05) is 30.3 Å². The number of H-pyrrole nitrogens is 1. The number of carbonyl (C=O) groups is 1. The van der Waals surface area contributed by atoms with Crippen molar-refractivity contribution in [1.82, 2.24) is 34.7 Å². The molecule has 4 aromatic heterocycles. The predicted molar refractivity (Wildman–Crippen MR) is 123 cm³/mol. The van der Waals surface area contributed by atoms with E-state index in [9.17, 15) is 14.4 Å². The van der Waals surface area contributed by atoms with Gasteiger partial charge in [-0.05, 0) is 18.2 Å². The van der Waals surface area contributed by atoms with Crippen molar-refractivity contribution in [2.24, 2.45) is 0 Å². The van der Waals surface area contributed by atoms with Crippen molar-refractivity contribution in [3.8, 4) is 17.3 Å². The lowest BCUT2D eigenvalue weighted by Crippen LogP contribution is -2.41. The van der Waals surface area contributed by atoms with E-state index in [0.717, 1.165) is 16.3 Å². The van der Waals surface area contributed by atoms with Gasteiger partial charge in [-0.25, -0.2) is 4.79 Å². The second-order valence-electron chi connectivity index (χ2n) is 7.41. The molecule has 12 nitrogen and oxygen atoms in total. The number of hydrogen-bond donors (Lipinski definition) is 2. The second-order valence-corrected chi connectivity index (χ2v) is 7.41. The van der Waals surface area contributed by atoms with Gasteiger partial charge in [0.1, 0.15) is 17.9 Å². The third kappa shape index (κ3) is 4.57. The molecule has 0 spiro atoms. The molecule has 5 rings (SSSR count). The van der Waals surface area contributed by atoms with Crippen LogP contribution in [-0.4, -0.2) is 48.4 Å². The third-order valence-electron chi connectivity index (χ3n) is 5.11. The molecule has 0 atom stereocenters. The summed E-state index contributed by atoms with van der Waals surface area (Å²) in [5.74, 6) is 0.657. The number of furan rings is 1. The minimum Gasteiger partial charge on any atom is -0.475 e.